The maximum absolute atomic E-state index is 11.3. The molecular weight excluding hydrogens is 318 g/mol. The molecule has 1 heterocycles. The van der Waals surface area contributed by atoms with Crippen molar-refractivity contribution in [1.82, 2.24) is 4.90 Å². The third-order valence-electron chi connectivity index (χ3n) is 3.06. The average Bonchev–Trinajstić information content (AvgIpc) is 2.32. The summed E-state index contributed by atoms with van der Waals surface area (Å²) in [6, 6.07) is 5.94. The molecule has 2 rings (SSSR count). The molecule has 0 N–H and O–H groups in total. The van der Waals surface area contributed by atoms with Crippen LogP contribution in [0.1, 0.15) is 5.56 Å². The van der Waals surface area contributed by atoms with Crippen LogP contribution in [0.4, 0.5) is 0 Å². The lowest BCUT2D eigenvalue weighted by Crippen LogP contribution is -2.39. The van der Waals surface area contributed by atoms with Crippen LogP contribution in [0.25, 0.3) is 0 Å². The monoisotopic (exact) mass is 333 g/mol. The highest BCUT2D eigenvalue weighted by Crippen LogP contribution is 2.26. The number of benzene rings is 1. The molecule has 0 aromatic heterocycles. The SMILES string of the molecule is COc1ccc(CN2CCS(=O)(=O)CC2)cc1Br. The van der Waals surface area contributed by atoms with Crippen LogP contribution in [0, 0.1) is 0 Å². The van der Waals surface area contributed by atoms with Crippen molar-refractivity contribution < 1.29 is 13.2 Å². The van der Waals surface area contributed by atoms with Gasteiger partial charge in [0.1, 0.15) is 5.75 Å². The zero-order valence-electron chi connectivity index (χ0n) is 10.2. The van der Waals surface area contributed by atoms with Gasteiger partial charge in [0.25, 0.3) is 0 Å². The molecule has 1 aliphatic heterocycles. The van der Waals surface area contributed by atoms with Crippen LogP contribution in [0.3, 0.4) is 0 Å². The molecular formula is C12H16BrNO3S. The molecule has 1 saturated heterocycles. The second-order valence-electron chi connectivity index (χ2n) is 4.40. The number of hydrogen-bond donors (Lipinski definition) is 0. The molecule has 0 aliphatic carbocycles. The molecule has 4 nitrogen and oxygen atoms in total. The summed E-state index contributed by atoms with van der Waals surface area (Å²) in [5, 5.41) is 0. The fraction of sp³-hybridized carbons (Fsp3) is 0.500. The maximum atomic E-state index is 11.3. The minimum atomic E-state index is -2.80. The van der Waals surface area contributed by atoms with Gasteiger partial charge in [0.05, 0.1) is 23.1 Å². The van der Waals surface area contributed by atoms with Gasteiger partial charge < -0.3 is 4.74 Å². The molecule has 0 bridgehead atoms. The third kappa shape index (κ3) is 3.46. The number of ether oxygens (including phenoxy) is 1. The first-order valence-corrected chi connectivity index (χ1v) is 8.37. The largest absolute Gasteiger partial charge is 0.496 e. The van der Waals surface area contributed by atoms with Crippen LogP contribution in [-0.4, -0.2) is 45.0 Å². The summed E-state index contributed by atoms with van der Waals surface area (Å²) in [5.74, 6) is 1.34. The zero-order valence-corrected chi connectivity index (χ0v) is 12.6. The van der Waals surface area contributed by atoms with Gasteiger partial charge in [-0.1, -0.05) is 6.07 Å². The second kappa shape index (κ2) is 5.59. The molecule has 0 saturated carbocycles. The van der Waals surface area contributed by atoms with Crippen LogP contribution in [0.2, 0.25) is 0 Å². The smallest absolute Gasteiger partial charge is 0.152 e. The highest BCUT2D eigenvalue weighted by atomic mass is 79.9. The Labute approximate surface area is 116 Å². The molecule has 0 spiro atoms. The lowest BCUT2D eigenvalue weighted by Gasteiger charge is -2.26. The van der Waals surface area contributed by atoms with E-state index in [9.17, 15) is 8.42 Å². The van der Waals surface area contributed by atoms with Crippen molar-refractivity contribution >= 4 is 25.8 Å². The molecule has 100 valence electrons. The zero-order chi connectivity index (χ0) is 13.2. The Morgan fingerprint density at radius 1 is 1.33 bits per heavy atom. The van der Waals surface area contributed by atoms with E-state index in [1.807, 2.05) is 18.2 Å². The van der Waals surface area contributed by atoms with Gasteiger partial charge in [0.15, 0.2) is 9.84 Å². The van der Waals surface area contributed by atoms with Crippen molar-refractivity contribution in [2.75, 3.05) is 31.7 Å². The Balaban J connectivity index is 2.00. The van der Waals surface area contributed by atoms with E-state index in [0.29, 0.717) is 13.1 Å². The van der Waals surface area contributed by atoms with E-state index in [-0.39, 0.29) is 11.5 Å². The topological polar surface area (TPSA) is 46.6 Å². The Morgan fingerprint density at radius 2 is 2.00 bits per heavy atom. The standard InChI is InChI=1S/C12H16BrNO3S/c1-17-12-3-2-10(8-11(12)13)9-14-4-6-18(15,16)7-5-14/h2-3,8H,4-7,9H2,1H3. The van der Waals surface area contributed by atoms with Gasteiger partial charge in [-0.3, -0.25) is 4.90 Å². The van der Waals surface area contributed by atoms with Gasteiger partial charge >= 0.3 is 0 Å². The van der Waals surface area contributed by atoms with E-state index in [1.165, 1.54) is 0 Å². The molecule has 0 unspecified atom stereocenters. The lowest BCUT2D eigenvalue weighted by molar-refractivity contribution is 0.287. The van der Waals surface area contributed by atoms with Gasteiger partial charge in [0.2, 0.25) is 0 Å². The maximum Gasteiger partial charge on any atom is 0.152 e. The van der Waals surface area contributed by atoms with Crippen molar-refractivity contribution in [3.63, 3.8) is 0 Å². The van der Waals surface area contributed by atoms with E-state index in [4.69, 9.17) is 4.74 Å². The van der Waals surface area contributed by atoms with Crippen molar-refractivity contribution in [3.8, 4) is 5.75 Å². The number of hydrogen-bond acceptors (Lipinski definition) is 4. The number of nitrogens with zero attached hydrogens (tertiary/aromatic N) is 1. The van der Waals surface area contributed by atoms with E-state index in [1.54, 1.807) is 7.11 Å². The van der Waals surface area contributed by atoms with Crippen molar-refractivity contribution in [2.45, 2.75) is 6.54 Å². The summed E-state index contributed by atoms with van der Waals surface area (Å²) in [5.41, 5.74) is 1.15. The number of sulfone groups is 1. The first-order chi connectivity index (χ1) is 8.50. The predicted octanol–water partition coefficient (Wildman–Crippen LogP) is 1.69. The van der Waals surface area contributed by atoms with Crippen molar-refractivity contribution in [3.05, 3.63) is 28.2 Å². The Bertz CT molecular complexity index is 516. The number of methoxy groups -OCH3 is 1. The molecule has 0 amide bonds. The summed E-state index contributed by atoms with van der Waals surface area (Å²) < 4.78 is 28.8. The lowest BCUT2D eigenvalue weighted by atomic mass is 10.2. The quantitative estimate of drug-likeness (QED) is 0.844. The van der Waals surface area contributed by atoms with Crippen LogP contribution >= 0.6 is 15.9 Å². The number of rotatable bonds is 3. The highest BCUT2D eigenvalue weighted by Gasteiger charge is 2.21. The average molecular weight is 334 g/mol. The summed E-state index contributed by atoms with van der Waals surface area (Å²) in [6.07, 6.45) is 0. The molecule has 1 aromatic carbocycles. The van der Waals surface area contributed by atoms with E-state index >= 15 is 0 Å². The van der Waals surface area contributed by atoms with Gasteiger partial charge in [0, 0.05) is 19.6 Å². The Morgan fingerprint density at radius 3 is 2.56 bits per heavy atom. The first kappa shape index (κ1) is 13.8. The molecule has 1 aliphatic rings. The van der Waals surface area contributed by atoms with Crippen molar-refractivity contribution in [2.24, 2.45) is 0 Å². The fourth-order valence-electron chi connectivity index (χ4n) is 1.97. The molecule has 1 aromatic rings. The van der Waals surface area contributed by atoms with E-state index in [2.05, 4.69) is 20.8 Å². The third-order valence-corrected chi connectivity index (χ3v) is 5.29. The summed E-state index contributed by atoms with van der Waals surface area (Å²) in [7, 11) is -1.16. The highest BCUT2D eigenvalue weighted by molar-refractivity contribution is 9.10. The van der Waals surface area contributed by atoms with Gasteiger partial charge in [-0.05, 0) is 33.6 Å². The van der Waals surface area contributed by atoms with Crippen molar-refractivity contribution in [1.29, 1.82) is 0 Å². The Kier molecular flexibility index (Phi) is 4.29. The molecule has 18 heavy (non-hydrogen) atoms. The van der Waals surface area contributed by atoms with Gasteiger partial charge in [-0.25, -0.2) is 8.42 Å². The van der Waals surface area contributed by atoms with E-state index in [0.717, 1.165) is 22.3 Å². The predicted molar refractivity (Wildman–Crippen MR) is 74.6 cm³/mol. The summed E-state index contributed by atoms with van der Waals surface area (Å²) >= 11 is 3.45. The fourth-order valence-corrected chi connectivity index (χ4v) is 3.84. The number of halogens is 1. The van der Waals surface area contributed by atoms with Crippen LogP contribution in [0.5, 0.6) is 5.75 Å². The second-order valence-corrected chi connectivity index (χ2v) is 7.55. The van der Waals surface area contributed by atoms with Crippen LogP contribution < -0.4 is 4.74 Å². The van der Waals surface area contributed by atoms with Crippen LogP contribution in [0.15, 0.2) is 22.7 Å². The molecule has 0 radical (unpaired) electrons. The Hall–Kier alpha value is -0.590. The minimum Gasteiger partial charge on any atom is -0.496 e. The van der Waals surface area contributed by atoms with Gasteiger partial charge in [-0.2, -0.15) is 0 Å². The molecule has 0 atom stereocenters. The summed E-state index contributed by atoms with van der Waals surface area (Å²) in [4.78, 5) is 2.16. The normalized spacial score (nSPS) is 19.7. The molecule has 6 heteroatoms. The van der Waals surface area contributed by atoms with Crippen LogP contribution in [-0.2, 0) is 16.4 Å². The minimum absolute atomic E-state index is 0.268. The summed E-state index contributed by atoms with van der Waals surface area (Å²) in [6.45, 7) is 2.01. The first-order valence-electron chi connectivity index (χ1n) is 5.75. The van der Waals surface area contributed by atoms with E-state index < -0.39 is 9.84 Å². The van der Waals surface area contributed by atoms with Gasteiger partial charge in [-0.15, -0.1) is 0 Å². The molecule has 1 fully saturated rings.